The molecule has 0 saturated carbocycles. The number of aliphatic carboxylic acids is 1. The number of Topliss-reactive ketones (excluding diaryl/α,β-unsaturated/α-hetero) is 1. The van der Waals surface area contributed by atoms with E-state index in [0.717, 1.165) is 0 Å². The molecule has 4 heteroatoms. The lowest BCUT2D eigenvalue weighted by atomic mass is 10.1. The Labute approximate surface area is 80.7 Å². The highest BCUT2D eigenvalue weighted by atomic mass is 16.4. The summed E-state index contributed by atoms with van der Waals surface area (Å²) in [5, 5.41) is 15.3. The first-order valence-corrected chi connectivity index (χ1v) is 4.00. The number of carbonyl (C=O) groups is 2. The van der Waals surface area contributed by atoms with Crippen LogP contribution >= 0.6 is 0 Å². The van der Waals surface area contributed by atoms with Gasteiger partial charge in [-0.3, -0.25) is 10.2 Å². The van der Waals surface area contributed by atoms with Gasteiger partial charge in [0, 0.05) is 6.42 Å². The Hall–Kier alpha value is -1.97. The quantitative estimate of drug-likeness (QED) is 0.548. The van der Waals surface area contributed by atoms with Crippen LogP contribution in [0, 0.1) is 5.41 Å². The maximum absolute atomic E-state index is 11.1. The van der Waals surface area contributed by atoms with E-state index < -0.39 is 17.5 Å². The SMILES string of the molecule is N=C(C(=O)O)C(=O)Cc1ccccc1. The second-order valence-corrected chi connectivity index (χ2v) is 2.77. The molecule has 0 saturated heterocycles. The number of ketones is 1. The van der Waals surface area contributed by atoms with Crippen LogP contribution in [0.25, 0.3) is 0 Å². The molecule has 1 rings (SSSR count). The normalized spacial score (nSPS) is 9.43. The molecule has 0 aliphatic rings. The van der Waals surface area contributed by atoms with Gasteiger partial charge in [0.25, 0.3) is 0 Å². The van der Waals surface area contributed by atoms with Crippen molar-refractivity contribution in [2.24, 2.45) is 0 Å². The molecule has 0 aliphatic carbocycles. The fourth-order valence-corrected chi connectivity index (χ4v) is 0.989. The van der Waals surface area contributed by atoms with Crippen molar-refractivity contribution in [3.05, 3.63) is 35.9 Å². The third kappa shape index (κ3) is 2.52. The standard InChI is InChI=1S/C10H9NO3/c11-9(10(13)14)8(12)6-7-4-2-1-3-5-7/h1-5,11H,6H2,(H,13,14). The molecule has 0 atom stereocenters. The average Bonchev–Trinajstić information content (AvgIpc) is 2.18. The predicted molar refractivity (Wildman–Crippen MR) is 50.5 cm³/mol. The monoisotopic (exact) mass is 191 g/mol. The molecule has 4 nitrogen and oxygen atoms in total. The van der Waals surface area contributed by atoms with Crippen LogP contribution in [0.4, 0.5) is 0 Å². The van der Waals surface area contributed by atoms with E-state index in [-0.39, 0.29) is 6.42 Å². The molecule has 14 heavy (non-hydrogen) atoms. The Morgan fingerprint density at radius 3 is 2.29 bits per heavy atom. The first-order chi connectivity index (χ1) is 6.61. The lowest BCUT2D eigenvalue weighted by molar-refractivity contribution is -0.130. The van der Waals surface area contributed by atoms with Gasteiger partial charge in [0.15, 0.2) is 11.5 Å². The highest BCUT2D eigenvalue weighted by Crippen LogP contribution is 2.00. The summed E-state index contributed by atoms with van der Waals surface area (Å²) >= 11 is 0. The fraction of sp³-hybridized carbons (Fsp3) is 0.100. The fourth-order valence-electron chi connectivity index (χ4n) is 0.989. The summed E-state index contributed by atoms with van der Waals surface area (Å²) < 4.78 is 0. The van der Waals surface area contributed by atoms with Crippen molar-refractivity contribution in [2.75, 3.05) is 0 Å². The van der Waals surface area contributed by atoms with E-state index >= 15 is 0 Å². The van der Waals surface area contributed by atoms with Crippen LogP contribution in [-0.4, -0.2) is 22.6 Å². The van der Waals surface area contributed by atoms with Crippen molar-refractivity contribution >= 4 is 17.5 Å². The van der Waals surface area contributed by atoms with Gasteiger partial charge in [-0.2, -0.15) is 0 Å². The van der Waals surface area contributed by atoms with Gasteiger partial charge in [0.2, 0.25) is 0 Å². The van der Waals surface area contributed by atoms with Gasteiger partial charge in [-0.1, -0.05) is 30.3 Å². The Bertz CT molecular complexity index is 370. The number of rotatable bonds is 4. The van der Waals surface area contributed by atoms with Crippen molar-refractivity contribution in [1.82, 2.24) is 0 Å². The number of carboxylic acids is 1. The van der Waals surface area contributed by atoms with Gasteiger partial charge < -0.3 is 5.11 Å². The summed E-state index contributed by atoms with van der Waals surface area (Å²) in [4.78, 5) is 21.4. The predicted octanol–water partition coefficient (Wildman–Crippen LogP) is 0.903. The molecule has 2 N–H and O–H groups in total. The zero-order chi connectivity index (χ0) is 10.6. The third-order valence-electron chi connectivity index (χ3n) is 1.70. The molecule has 0 radical (unpaired) electrons. The lowest BCUT2D eigenvalue weighted by Crippen LogP contribution is -2.24. The van der Waals surface area contributed by atoms with Crippen LogP contribution in [0.2, 0.25) is 0 Å². The molecule has 0 heterocycles. The minimum atomic E-state index is -1.48. The van der Waals surface area contributed by atoms with E-state index in [9.17, 15) is 9.59 Å². The molecule has 0 aromatic heterocycles. The highest BCUT2D eigenvalue weighted by molar-refractivity contribution is 6.63. The summed E-state index contributed by atoms with van der Waals surface area (Å²) in [7, 11) is 0. The lowest BCUT2D eigenvalue weighted by Gasteiger charge is -1.98. The molecule has 72 valence electrons. The van der Waals surface area contributed by atoms with E-state index in [1.165, 1.54) is 0 Å². The van der Waals surface area contributed by atoms with E-state index in [0.29, 0.717) is 5.56 Å². The van der Waals surface area contributed by atoms with Gasteiger partial charge in [-0.25, -0.2) is 4.79 Å². The second kappa shape index (κ2) is 4.32. The minimum absolute atomic E-state index is 0.0357. The summed E-state index contributed by atoms with van der Waals surface area (Å²) in [6.45, 7) is 0. The second-order valence-electron chi connectivity index (χ2n) is 2.77. The zero-order valence-electron chi connectivity index (χ0n) is 7.36. The molecular formula is C10H9NO3. The number of hydrogen-bond donors (Lipinski definition) is 2. The molecule has 0 amide bonds. The molecule has 0 spiro atoms. The van der Waals surface area contributed by atoms with Crippen molar-refractivity contribution < 1.29 is 14.7 Å². The van der Waals surface area contributed by atoms with Gasteiger partial charge in [0.1, 0.15) is 0 Å². The first-order valence-electron chi connectivity index (χ1n) is 4.00. The van der Waals surface area contributed by atoms with E-state index in [4.69, 9.17) is 10.5 Å². The number of carbonyl (C=O) groups excluding carboxylic acids is 1. The topological polar surface area (TPSA) is 78.2 Å². The number of carboxylic acid groups (broad SMARTS) is 1. The Kier molecular flexibility index (Phi) is 3.12. The zero-order valence-corrected chi connectivity index (χ0v) is 7.36. The summed E-state index contributed by atoms with van der Waals surface area (Å²) in [6, 6.07) is 8.75. The number of hydrogen-bond acceptors (Lipinski definition) is 3. The van der Waals surface area contributed by atoms with Crippen LogP contribution in [0.1, 0.15) is 5.56 Å². The van der Waals surface area contributed by atoms with Crippen LogP contribution in [0.5, 0.6) is 0 Å². The molecule has 1 aromatic rings. The van der Waals surface area contributed by atoms with Gasteiger partial charge in [-0.15, -0.1) is 0 Å². The summed E-state index contributed by atoms with van der Waals surface area (Å²) in [5.41, 5.74) is -0.155. The molecule has 0 fully saturated rings. The maximum atomic E-state index is 11.1. The Morgan fingerprint density at radius 2 is 1.79 bits per heavy atom. The van der Waals surface area contributed by atoms with Crippen molar-refractivity contribution in [3.8, 4) is 0 Å². The molecule has 0 aliphatic heterocycles. The smallest absolute Gasteiger partial charge is 0.357 e. The van der Waals surface area contributed by atoms with Gasteiger partial charge >= 0.3 is 5.97 Å². The van der Waals surface area contributed by atoms with Crippen molar-refractivity contribution in [1.29, 1.82) is 5.41 Å². The van der Waals surface area contributed by atoms with Gasteiger partial charge in [0.05, 0.1) is 0 Å². The molecule has 1 aromatic carbocycles. The Balaban J connectivity index is 2.67. The molecule has 0 bridgehead atoms. The van der Waals surface area contributed by atoms with Crippen LogP contribution in [0.15, 0.2) is 30.3 Å². The van der Waals surface area contributed by atoms with E-state index in [2.05, 4.69) is 0 Å². The number of nitrogens with one attached hydrogen (secondary N) is 1. The highest BCUT2D eigenvalue weighted by Gasteiger charge is 2.16. The largest absolute Gasteiger partial charge is 0.476 e. The first kappa shape index (κ1) is 10.1. The number of benzene rings is 1. The molecular weight excluding hydrogens is 182 g/mol. The third-order valence-corrected chi connectivity index (χ3v) is 1.70. The summed E-state index contributed by atoms with van der Waals surface area (Å²) in [5.74, 6) is -2.16. The maximum Gasteiger partial charge on any atom is 0.357 e. The van der Waals surface area contributed by atoms with Crippen LogP contribution < -0.4 is 0 Å². The molecule has 0 unspecified atom stereocenters. The van der Waals surface area contributed by atoms with E-state index in [1.54, 1.807) is 30.3 Å². The van der Waals surface area contributed by atoms with Crippen LogP contribution in [-0.2, 0) is 16.0 Å². The van der Waals surface area contributed by atoms with Gasteiger partial charge in [-0.05, 0) is 5.56 Å². The van der Waals surface area contributed by atoms with Crippen molar-refractivity contribution in [2.45, 2.75) is 6.42 Å². The minimum Gasteiger partial charge on any atom is -0.476 e. The van der Waals surface area contributed by atoms with Crippen LogP contribution in [0.3, 0.4) is 0 Å². The van der Waals surface area contributed by atoms with E-state index in [1.807, 2.05) is 0 Å². The summed E-state index contributed by atoms with van der Waals surface area (Å²) in [6.07, 6.45) is -0.0357. The average molecular weight is 191 g/mol. The van der Waals surface area contributed by atoms with Crippen molar-refractivity contribution in [3.63, 3.8) is 0 Å². The Morgan fingerprint density at radius 1 is 1.21 bits per heavy atom.